The summed E-state index contributed by atoms with van der Waals surface area (Å²) < 4.78 is 2.07. The van der Waals surface area contributed by atoms with Gasteiger partial charge in [-0.1, -0.05) is 43.3 Å². The molecule has 102 valence electrons. The van der Waals surface area contributed by atoms with Gasteiger partial charge in [-0.3, -0.25) is 0 Å². The van der Waals surface area contributed by atoms with Gasteiger partial charge in [0.05, 0.1) is 16.9 Å². The Morgan fingerprint density at radius 3 is 2.55 bits per heavy atom. The molecule has 0 aliphatic rings. The first kappa shape index (κ1) is 12.9. The Morgan fingerprint density at radius 1 is 1.00 bits per heavy atom. The molecule has 0 spiro atoms. The van der Waals surface area contributed by atoms with Crippen molar-refractivity contribution in [2.45, 2.75) is 13.3 Å². The fourth-order valence-electron chi connectivity index (χ4n) is 2.49. The van der Waals surface area contributed by atoms with Gasteiger partial charge >= 0.3 is 0 Å². The molecular weight excluding hydrogens is 246 g/mol. The van der Waals surface area contributed by atoms with E-state index >= 15 is 0 Å². The van der Waals surface area contributed by atoms with E-state index in [2.05, 4.69) is 59.4 Å². The number of nitrogens with one attached hydrogen (secondary N) is 1. The fourth-order valence-corrected chi connectivity index (χ4v) is 2.49. The molecule has 0 saturated carbocycles. The van der Waals surface area contributed by atoms with E-state index in [9.17, 15) is 0 Å². The average molecular weight is 265 g/mol. The zero-order chi connectivity index (χ0) is 13.8. The summed E-state index contributed by atoms with van der Waals surface area (Å²) in [7, 11) is 0. The Bertz CT molecular complexity index is 686. The summed E-state index contributed by atoms with van der Waals surface area (Å²) in [5, 5.41) is 9.38. The first-order valence-corrected chi connectivity index (χ1v) is 7.13. The van der Waals surface area contributed by atoms with Gasteiger partial charge in [0.2, 0.25) is 0 Å². The fraction of sp³-hybridized carbons (Fsp3) is 0.235. The van der Waals surface area contributed by atoms with Crippen LogP contribution in [-0.4, -0.2) is 22.9 Å². The summed E-state index contributed by atoms with van der Waals surface area (Å²) in [5.74, 6) is 0. The zero-order valence-electron chi connectivity index (χ0n) is 11.7. The maximum absolute atomic E-state index is 4.75. The molecule has 3 aromatic rings. The molecule has 3 nitrogen and oxygen atoms in total. The van der Waals surface area contributed by atoms with Crippen LogP contribution >= 0.6 is 0 Å². The first-order valence-electron chi connectivity index (χ1n) is 7.13. The lowest BCUT2D eigenvalue weighted by Gasteiger charge is -2.08. The van der Waals surface area contributed by atoms with E-state index in [1.807, 2.05) is 12.1 Å². The highest BCUT2D eigenvalue weighted by Crippen LogP contribution is 2.21. The molecule has 0 saturated heterocycles. The maximum Gasteiger partial charge on any atom is 0.0930 e. The van der Waals surface area contributed by atoms with Gasteiger partial charge in [-0.15, -0.1) is 0 Å². The van der Waals surface area contributed by atoms with Gasteiger partial charge in [-0.2, -0.15) is 5.10 Å². The highest BCUT2D eigenvalue weighted by molar-refractivity contribution is 5.82. The van der Waals surface area contributed by atoms with Gasteiger partial charge in [-0.25, -0.2) is 4.68 Å². The lowest BCUT2D eigenvalue weighted by Crippen LogP contribution is -2.17. The molecule has 0 atom stereocenters. The largest absolute Gasteiger partial charge is 0.317 e. The maximum atomic E-state index is 4.75. The first-order chi connectivity index (χ1) is 9.90. The van der Waals surface area contributed by atoms with Crippen LogP contribution < -0.4 is 5.32 Å². The van der Waals surface area contributed by atoms with Crippen molar-refractivity contribution < 1.29 is 0 Å². The van der Waals surface area contributed by atoms with E-state index in [-0.39, 0.29) is 0 Å². The second-order valence-corrected chi connectivity index (χ2v) is 4.81. The number of aromatic nitrogens is 2. The second-order valence-electron chi connectivity index (χ2n) is 4.81. The molecule has 0 bridgehead atoms. The van der Waals surface area contributed by atoms with E-state index in [0.717, 1.165) is 30.7 Å². The van der Waals surface area contributed by atoms with Gasteiger partial charge in [0.25, 0.3) is 0 Å². The molecule has 0 fully saturated rings. The monoisotopic (exact) mass is 265 g/mol. The summed E-state index contributed by atoms with van der Waals surface area (Å²) in [6, 6.07) is 18.7. The Labute approximate surface area is 119 Å². The molecule has 3 heteroatoms. The van der Waals surface area contributed by atoms with Crippen LogP contribution in [0.15, 0.2) is 54.6 Å². The van der Waals surface area contributed by atoms with Gasteiger partial charge in [0.15, 0.2) is 0 Å². The summed E-state index contributed by atoms with van der Waals surface area (Å²) in [5.41, 5.74) is 3.45. The quantitative estimate of drug-likeness (QED) is 0.718. The van der Waals surface area contributed by atoms with Crippen molar-refractivity contribution in [1.82, 2.24) is 15.1 Å². The number of fused-ring (bicyclic) bond motifs is 1. The van der Waals surface area contributed by atoms with Crippen LogP contribution in [0.1, 0.15) is 12.6 Å². The molecule has 20 heavy (non-hydrogen) atoms. The lowest BCUT2D eigenvalue weighted by atomic mass is 10.1. The van der Waals surface area contributed by atoms with Crippen LogP contribution in [0, 0.1) is 0 Å². The van der Waals surface area contributed by atoms with E-state index in [0.29, 0.717) is 0 Å². The number of benzene rings is 2. The molecule has 0 radical (unpaired) electrons. The standard InChI is InChI=1S/C17H19N3/c1-2-18-13-12-17-15-10-6-7-11-16(15)19-20(17)14-8-4-3-5-9-14/h3-11,18H,2,12-13H2,1H3. The highest BCUT2D eigenvalue weighted by Gasteiger charge is 2.11. The van der Waals surface area contributed by atoms with E-state index in [1.165, 1.54) is 11.1 Å². The average Bonchev–Trinajstić information content (AvgIpc) is 2.87. The second kappa shape index (κ2) is 5.88. The molecule has 0 aliphatic heterocycles. The van der Waals surface area contributed by atoms with E-state index in [1.54, 1.807) is 0 Å². The smallest absolute Gasteiger partial charge is 0.0930 e. The van der Waals surface area contributed by atoms with Crippen molar-refractivity contribution in [3.05, 3.63) is 60.3 Å². The molecule has 0 unspecified atom stereocenters. The minimum atomic E-state index is 0.971. The third-order valence-electron chi connectivity index (χ3n) is 3.47. The van der Waals surface area contributed by atoms with Crippen LogP contribution in [-0.2, 0) is 6.42 Å². The molecule has 0 amide bonds. The van der Waals surface area contributed by atoms with E-state index in [4.69, 9.17) is 5.10 Å². The van der Waals surface area contributed by atoms with Gasteiger partial charge in [0, 0.05) is 18.4 Å². The topological polar surface area (TPSA) is 29.9 Å². The number of nitrogens with zero attached hydrogens (tertiary/aromatic N) is 2. The van der Waals surface area contributed by atoms with Crippen molar-refractivity contribution in [1.29, 1.82) is 0 Å². The third kappa shape index (κ3) is 2.45. The van der Waals surface area contributed by atoms with Gasteiger partial charge in [-0.05, 0) is 24.7 Å². The number of hydrogen-bond acceptors (Lipinski definition) is 2. The van der Waals surface area contributed by atoms with Crippen LogP contribution in [0.25, 0.3) is 16.6 Å². The van der Waals surface area contributed by atoms with Crippen molar-refractivity contribution >= 4 is 10.9 Å². The van der Waals surface area contributed by atoms with Crippen molar-refractivity contribution in [3.63, 3.8) is 0 Å². The third-order valence-corrected chi connectivity index (χ3v) is 3.47. The van der Waals surface area contributed by atoms with Crippen LogP contribution in [0.5, 0.6) is 0 Å². The van der Waals surface area contributed by atoms with E-state index < -0.39 is 0 Å². The number of rotatable bonds is 5. The zero-order valence-corrected chi connectivity index (χ0v) is 11.7. The SMILES string of the molecule is CCNCCc1c2ccccc2nn1-c1ccccc1. The molecule has 1 heterocycles. The van der Waals surface area contributed by atoms with Gasteiger partial charge < -0.3 is 5.32 Å². The van der Waals surface area contributed by atoms with Crippen LogP contribution in [0.4, 0.5) is 0 Å². The van der Waals surface area contributed by atoms with Crippen molar-refractivity contribution in [2.75, 3.05) is 13.1 Å². The Balaban J connectivity index is 2.08. The Morgan fingerprint density at radius 2 is 1.75 bits per heavy atom. The molecule has 2 aromatic carbocycles. The number of likely N-dealkylation sites (N-methyl/N-ethyl adjacent to an activating group) is 1. The highest BCUT2D eigenvalue weighted by atomic mass is 15.3. The summed E-state index contributed by atoms with van der Waals surface area (Å²) in [4.78, 5) is 0. The minimum absolute atomic E-state index is 0.971. The summed E-state index contributed by atoms with van der Waals surface area (Å²) in [6.07, 6.45) is 0.975. The minimum Gasteiger partial charge on any atom is -0.317 e. The van der Waals surface area contributed by atoms with Crippen LogP contribution in [0.3, 0.4) is 0 Å². The van der Waals surface area contributed by atoms with Crippen molar-refractivity contribution in [3.8, 4) is 5.69 Å². The van der Waals surface area contributed by atoms with Crippen LogP contribution in [0.2, 0.25) is 0 Å². The normalized spacial score (nSPS) is 11.1. The molecule has 1 N–H and O–H groups in total. The molecule has 0 aliphatic carbocycles. The molecular formula is C17H19N3. The number of hydrogen-bond donors (Lipinski definition) is 1. The Hall–Kier alpha value is -2.13. The van der Waals surface area contributed by atoms with Gasteiger partial charge in [0.1, 0.15) is 0 Å². The summed E-state index contributed by atoms with van der Waals surface area (Å²) in [6.45, 7) is 4.10. The molecule has 1 aromatic heterocycles. The molecule has 3 rings (SSSR count). The predicted molar refractivity (Wildman–Crippen MR) is 83.3 cm³/mol. The lowest BCUT2D eigenvalue weighted by molar-refractivity contribution is 0.691. The predicted octanol–water partition coefficient (Wildman–Crippen LogP) is 3.18. The van der Waals surface area contributed by atoms with Crippen molar-refractivity contribution in [2.24, 2.45) is 0 Å². The Kier molecular flexibility index (Phi) is 3.79. The number of para-hydroxylation sites is 1. The summed E-state index contributed by atoms with van der Waals surface area (Å²) >= 11 is 0.